The molecule has 0 spiro atoms. The predicted octanol–water partition coefficient (Wildman–Crippen LogP) is 2.55. The summed E-state index contributed by atoms with van der Waals surface area (Å²) in [5.74, 6) is -0.340. The van der Waals surface area contributed by atoms with Crippen molar-refractivity contribution in [2.75, 3.05) is 13.6 Å². The molecule has 0 aliphatic heterocycles. The summed E-state index contributed by atoms with van der Waals surface area (Å²) in [4.78, 5) is 10.3. The van der Waals surface area contributed by atoms with Crippen molar-refractivity contribution in [3.8, 4) is 0 Å². The third-order valence-electron chi connectivity index (χ3n) is 3.08. The Bertz CT molecular complexity index is 557. The monoisotopic (exact) mass is 300 g/mol. The summed E-state index contributed by atoms with van der Waals surface area (Å²) in [6.07, 6.45) is 2.77. The maximum absolute atomic E-state index is 12.2. The summed E-state index contributed by atoms with van der Waals surface area (Å²) < 4.78 is 25.6. The van der Waals surface area contributed by atoms with Crippen molar-refractivity contribution < 1.29 is 13.3 Å². The van der Waals surface area contributed by atoms with Gasteiger partial charge in [-0.05, 0) is 6.42 Å². The zero-order valence-corrected chi connectivity index (χ0v) is 12.6. The number of sulfonamides is 1. The predicted molar refractivity (Wildman–Crippen MR) is 77.9 cm³/mol. The molecule has 0 aliphatic carbocycles. The van der Waals surface area contributed by atoms with E-state index in [0.717, 1.165) is 19.3 Å². The Balaban J connectivity index is 2.83. The molecular weight excluding hydrogens is 280 g/mol. The molecule has 0 fully saturated rings. The molecule has 0 atom stereocenters. The van der Waals surface area contributed by atoms with E-state index in [1.165, 1.54) is 29.6 Å². The topological polar surface area (TPSA) is 80.5 Å². The highest BCUT2D eigenvalue weighted by molar-refractivity contribution is 7.88. The average molecular weight is 300 g/mol. The first-order chi connectivity index (χ1) is 9.38. The molecule has 0 radical (unpaired) electrons. The first-order valence-electron chi connectivity index (χ1n) is 6.54. The van der Waals surface area contributed by atoms with E-state index in [1.807, 2.05) is 6.92 Å². The lowest BCUT2D eigenvalue weighted by atomic mass is 10.2. The number of nitro benzene ring substituents is 1. The first kappa shape index (κ1) is 16.6. The second-order valence-electron chi connectivity index (χ2n) is 4.67. The third kappa shape index (κ3) is 4.57. The SMILES string of the molecule is CCCCCN(C)S(=O)(=O)Cc1ccccc1[N+](=O)[O-]. The van der Waals surface area contributed by atoms with Crippen LogP contribution in [0.3, 0.4) is 0 Å². The van der Waals surface area contributed by atoms with Crippen LogP contribution in [0.4, 0.5) is 5.69 Å². The van der Waals surface area contributed by atoms with Gasteiger partial charge in [-0.15, -0.1) is 0 Å². The van der Waals surface area contributed by atoms with Crippen molar-refractivity contribution in [1.82, 2.24) is 4.31 Å². The Morgan fingerprint density at radius 1 is 1.25 bits per heavy atom. The summed E-state index contributed by atoms with van der Waals surface area (Å²) in [6, 6.07) is 5.94. The lowest BCUT2D eigenvalue weighted by molar-refractivity contribution is -0.385. The van der Waals surface area contributed by atoms with Crippen LogP contribution in [-0.2, 0) is 15.8 Å². The normalized spacial score (nSPS) is 11.8. The van der Waals surface area contributed by atoms with Crippen molar-refractivity contribution in [3.63, 3.8) is 0 Å². The highest BCUT2D eigenvalue weighted by Gasteiger charge is 2.23. The van der Waals surface area contributed by atoms with E-state index in [2.05, 4.69) is 0 Å². The van der Waals surface area contributed by atoms with Crippen molar-refractivity contribution in [2.24, 2.45) is 0 Å². The highest BCUT2D eigenvalue weighted by atomic mass is 32.2. The van der Waals surface area contributed by atoms with E-state index in [1.54, 1.807) is 6.07 Å². The molecule has 7 heteroatoms. The number of benzene rings is 1. The van der Waals surface area contributed by atoms with Gasteiger partial charge in [0.05, 0.1) is 10.7 Å². The van der Waals surface area contributed by atoms with Crippen LogP contribution < -0.4 is 0 Å². The van der Waals surface area contributed by atoms with Gasteiger partial charge < -0.3 is 0 Å². The molecule has 0 N–H and O–H groups in total. The van der Waals surface area contributed by atoms with Crippen LogP contribution in [0.15, 0.2) is 24.3 Å². The number of nitrogens with zero attached hydrogens (tertiary/aromatic N) is 2. The van der Waals surface area contributed by atoms with Gasteiger partial charge in [-0.1, -0.05) is 38.0 Å². The fourth-order valence-corrected chi connectivity index (χ4v) is 3.11. The van der Waals surface area contributed by atoms with Gasteiger partial charge in [-0.3, -0.25) is 10.1 Å². The highest BCUT2D eigenvalue weighted by Crippen LogP contribution is 2.21. The minimum Gasteiger partial charge on any atom is -0.258 e. The second-order valence-corrected chi connectivity index (χ2v) is 6.75. The number of nitro groups is 1. The molecule has 0 saturated carbocycles. The fraction of sp³-hybridized carbons (Fsp3) is 0.538. The van der Waals surface area contributed by atoms with Gasteiger partial charge in [0, 0.05) is 25.2 Å². The third-order valence-corrected chi connectivity index (χ3v) is 4.89. The van der Waals surface area contributed by atoms with Crippen molar-refractivity contribution in [1.29, 1.82) is 0 Å². The van der Waals surface area contributed by atoms with Gasteiger partial charge in [-0.2, -0.15) is 0 Å². The standard InChI is InChI=1S/C13H20N2O4S/c1-3-4-7-10-14(2)20(18,19)11-12-8-5-6-9-13(12)15(16)17/h5-6,8-9H,3-4,7,10-11H2,1-2H3. The Morgan fingerprint density at radius 3 is 2.50 bits per heavy atom. The van der Waals surface area contributed by atoms with Crippen molar-refractivity contribution >= 4 is 15.7 Å². The van der Waals surface area contributed by atoms with Crippen LogP contribution in [0.5, 0.6) is 0 Å². The molecule has 0 aliphatic rings. The smallest absolute Gasteiger partial charge is 0.258 e. The second kappa shape index (κ2) is 7.35. The number of hydrogen-bond donors (Lipinski definition) is 0. The van der Waals surface area contributed by atoms with E-state index < -0.39 is 14.9 Å². The van der Waals surface area contributed by atoms with Crippen LogP contribution >= 0.6 is 0 Å². The molecular formula is C13H20N2O4S. The zero-order chi connectivity index (χ0) is 15.2. The molecule has 0 amide bonds. The van der Waals surface area contributed by atoms with E-state index in [4.69, 9.17) is 0 Å². The quantitative estimate of drug-likeness (QED) is 0.420. The fourth-order valence-electron chi connectivity index (χ4n) is 1.84. The molecule has 20 heavy (non-hydrogen) atoms. The van der Waals surface area contributed by atoms with Crippen LogP contribution in [0.2, 0.25) is 0 Å². The van der Waals surface area contributed by atoms with Crippen LogP contribution in [-0.4, -0.2) is 31.2 Å². The molecule has 6 nitrogen and oxygen atoms in total. The Hall–Kier alpha value is -1.47. The number of unbranched alkanes of at least 4 members (excludes halogenated alkanes) is 2. The van der Waals surface area contributed by atoms with E-state index in [9.17, 15) is 18.5 Å². The van der Waals surface area contributed by atoms with Gasteiger partial charge in [0.2, 0.25) is 10.0 Å². The summed E-state index contributed by atoms with van der Waals surface area (Å²) in [6.45, 7) is 2.48. The average Bonchev–Trinajstić information content (AvgIpc) is 2.38. The molecule has 0 bridgehead atoms. The number of hydrogen-bond acceptors (Lipinski definition) is 4. The van der Waals surface area contributed by atoms with Crippen LogP contribution in [0.1, 0.15) is 31.7 Å². The first-order valence-corrected chi connectivity index (χ1v) is 8.15. The molecule has 0 aromatic heterocycles. The molecule has 112 valence electrons. The molecule has 1 aromatic carbocycles. The minimum absolute atomic E-state index is 0.155. The largest absolute Gasteiger partial charge is 0.273 e. The zero-order valence-electron chi connectivity index (χ0n) is 11.8. The van der Waals surface area contributed by atoms with Crippen molar-refractivity contribution in [3.05, 3.63) is 39.9 Å². The molecule has 0 saturated heterocycles. The van der Waals surface area contributed by atoms with Crippen LogP contribution in [0.25, 0.3) is 0 Å². The minimum atomic E-state index is -3.52. The Kier molecular flexibility index (Phi) is 6.09. The van der Waals surface area contributed by atoms with E-state index >= 15 is 0 Å². The van der Waals surface area contributed by atoms with E-state index in [-0.39, 0.29) is 17.0 Å². The Labute approximate surface area is 119 Å². The summed E-state index contributed by atoms with van der Waals surface area (Å²) in [7, 11) is -2.01. The maximum atomic E-state index is 12.2. The molecule has 1 rings (SSSR count). The maximum Gasteiger partial charge on any atom is 0.273 e. The van der Waals surface area contributed by atoms with E-state index in [0.29, 0.717) is 6.54 Å². The van der Waals surface area contributed by atoms with Gasteiger partial charge in [0.25, 0.3) is 5.69 Å². The molecule has 0 unspecified atom stereocenters. The number of rotatable bonds is 8. The summed E-state index contributed by atoms with van der Waals surface area (Å²) in [5, 5.41) is 10.9. The van der Waals surface area contributed by atoms with Crippen molar-refractivity contribution in [2.45, 2.75) is 31.9 Å². The molecule has 1 aromatic rings. The summed E-state index contributed by atoms with van der Waals surface area (Å²) in [5.41, 5.74) is 0.0675. The summed E-state index contributed by atoms with van der Waals surface area (Å²) >= 11 is 0. The van der Waals surface area contributed by atoms with Gasteiger partial charge in [0.15, 0.2) is 0 Å². The molecule has 0 heterocycles. The Morgan fingerprint density at radius 2 is 1.90 bits per heavy atom. The lowest BCUT2D eigenvalue weighted by Crippen LogP contribution is -2.29. The lowest BCUT2D eigenvalue weighted by Gasteiger charge is -2.16. The van der Waals surface area contributed by atoms with Gasteiger partial charge in [-0.25, -0.2) is 12.7 Å². The van der Waals surface area contributed by atoms with Crippen LogP contribution in [0, 0.1) is 10.1 Å². The number of para-hydroxylation sites is 1. The van der Waals surface area contributed by atoms with Gasteiger partial charge in [0.1, 0.15) is 0 Å². The van der Waals surface area contributed by atoms with Gasteiger partial charge >= 0.3 is 0 Å².